The van der Waals surface area contributed by atoms with E-state index in [0.29, 0.717) is 34.8 Å². The van der Waals surface area contributed by atoms with Crippen molar-refractivity contribution in [2.75, 3.05) is 14.2 Å². The number of methoxy groups -OCH3 is 2. The van der Waals surface area contributed by atoms with Gasteiger partial charge in [0.25, 0.3) is 0 Å². The minimum absolute atomic E-state index is 0.166. The average molecular weight is 437 g/mol. The molecule has 3 aromatic rings. The molecule has 168 valence electrons. The second kappa shape index (κ2) is 10.0. The Morgan fingerprint density at radius 3 is 2.19 bits per heavy atom. The molecule has 0 heterocycles. The molecule has 0 saturated heterocycles. The molecule has 32 heavy (non-hydrogen) atoms. The molecule has 1 N–H and O–H groups in total. The molecule has 1 atom stereocenters. The lowest BCUT2D eigenvalue weighted by atomic mass is 9.88. The van der Waals surface area contributed by atoms with E-state index in [1.165, 1.54) is 6.07 Å². The van der Waals surface area contributed by atoms with Gasteiger partial charge in [0, 0.05) is 5.56 Å². The van der Waals surface area contributed by atoms with Gasteiger partial charge in [0.05, 0.1) is 20.3 Å². The fraction of sp³-hybridized carbons (Fsp3) is 0.333. The minimum atomic E-state index is -0.678. The van der Waals surface area contributed by atoms with E-state index in [2.05, 4.69) is 0 Å². The Hall–Kier alpha value is -3.05. The third kappa shape index (κ3) is 4.89. The zero-order valence-corrected chi connectivity index (χ0v) is 18.5. The molecule has 1 aliphatic rings. The Morgan fingerprint density at radius 1 is 0.844 bits per heavy atom. The predicted octanol–water partition coefficient (Wildman–Crippen LogP) is 6.31. The highest BCUT2D eigenvalue weighted by Gasteiger charge is 2.27. The number of ether oxygens (including phenoxy) is 3. The maximum atomic E-state index is 14.8. The van der Waals surface area contributed by atoms with E-state index in [9.17, 15) is 9.50 Å². The fourth-order valence-corrected chi connectivity index (χ4v) is 4.37. The summed E-state index contributed by atoms with van der Waals surface area (Å²) in [7, 11) is 3.19. The van der Waals surface area contributed by atoms with Gasteiger partial charge in [-0.3, -0.25) is 0 Å². The first-order chi connectivity index (χ1) is 15.6. The van der Waals surface area contributed by atoms with Crippen molar-refractivity contribution in [2.24, 2.45) is 5.92 Å². The number of hydrogen-bond acceptors (Lipinski definition) is 4. The van der Waals surface area contributed by atoms with Crippen molar-refractivity contribution < 1.29 is 23.7 Å². The van der Waals surface area contributed by atoms with E-state index in [1.54, 1.807) is 26.4 Å². The monoisotopic (exact) mass is 436 g/mol. The summed E-state index contributed by atoms with van der Waals surface area (Å²) in [6.07, 6.45) is 3.48. The van der Waals surface area contributed by atoms with Crippen molar-refractivity contribution in [3.8, 4) is 28.4 Å². The van der Waals surface area contributed by atoms with Crippen molar-refractivity contribution in [2.45, 2.75) is 38.4 Å². The topological polar surface area (TPSA) is 47.9 Å². The molecule has 0 bridgehead atoms. The SMILES string of the molecule is COc1ccc(COc2ccc(-c3cc(OC)ccc3F)c(C(O)C3CCCC3)c2)cc1. The zero-order chi connectivity index (χ0) is 22.5. The minimum Gasteiger partial charge on any atom is -0.497 e. The summed E-state index contributed by atoms with van der Waals surface area (Å²) in [5, 5.41) is 11.2. The van der Waals surface area contributed by atoms with Gasteiger partial charge in [0.1, 0.15) is 29.7 Å². The van der Waals surface area contributed by atoms with Crippen LogP contribution in [0.25, 0.3) is 11.1 Å². The van der Waals surface area contributed by atoms with Crippen LogP contribution in [0.15, 0.2) is 60.7 Å². The second-order valence-electron chi connectivity index (χ2n) is 8.22. The highest BCUT2D eigenvalue weighted by molar-refractivity contribution is 5.71. The first-order valence-electron chi connectivity index (χ1n) is 11.0. The first kappa shape index (κ1) is 22.2. The molecule has 1 aliphatic carbocycles. The Morgan fingerprint density at radius 2 is 1.50 bits per heavy atom. The van der Waals surface area contributed by atoms with E-state index >= 15 is 0 Å². The van der Waals surface area contributed by atoms with Gasteiger partial charge >= 0.3 is 0 Å². The normalized spacial score (nSPS) is 14.9. The van der Waals surface area contributed by atoms with Gasteiger partial charge in [-0.15, -0.1) is 0 Å². The fourth-order valence-electron chi connectivity index (χ4n) is 4.37. The largest absolute Gasteiger partial charge is 0.497 e. The van der Waals surface area contributed by atoms with Crippen molar-refractivity contribution in [1.82, 2.24) is 0 Å². The molecule has 0 radical (unpaired) electrons. The van der Waals surface area contributed by atoms with Crippen LogP contribution >= 0.6 is 0 Å². The first-order valence-corrected chi connectivity index (χ1v) is 11.0. The summed E-state index contributed by atoms with van der Waals surface area (Å²) in [5.74, 6) is 1.82. The smallest absolute Gasteiger partial charge is 0.131 e. The van der Waals surface area contributed by atoms with Crippen LogP contribution in [0, 0.1) is 11.7 Å². The lowest BCUT2D eigenvalue weighted by Crippen LogP contribution is -2.11. The van der Waals surface area contributed by atoms with Crippen molar-refractivity contribution >= 4 is 0 Å². The zero-order valence-electron chi connectivity index (χ0n) is 18.5. The molecular weight excluding hydrogens is 407 g/mol. The quantitative estimate of drug-likeness (QED) is 0.449. The van der Waals surface area contributed by atoms with E-state index in [0.717, 1.165) is 37.0 Å². The molecule has 1 fully saturated rings. The molecule has 5 heteroatoms. The highest BCUT2D eigenvalue weighted by Crippen LogP contribution is 2.42. The van der Waals surface area contributed by atoms with Gasteiger partial charge in [0.15, 0.2) is 0 Å². The molecule has 1 unspecified atom stereocenters. The van der Waals surface area contributed by atoms with Crippen LogP contribution in [0.4, 0.5) is 4.39 Å². The number of hydrogen-bond donors (Lipinski definition) is 1. The number of benzene rings is 3. The summed E-state index contributed by atoms with van der Waals surface area (Å²) in [6.45, 7) is 0.385. The van der Waals surface area contributed by atoms with Crippen LogP contribution in [0.1, 0.15) is 42.9 Å². The van der Waals surface area contributed by atoms with Gasteiger partial charge in [-0.25, -0.2) is 4.39 Å². The third-order valence-corrected chi connectivity index (χ3v) is 6.22. The maximum Gasteiger partial charge on any atom is 0.131 e. The Balaban J connectivity index is 1.65. The van der Waals surface area contributed by atoms with Crippen LogP contribution in [-0.4, -0.2) is 19.3 Å². The Labute approximate surface area is 188 Å². The van der Waals surface area contributed by atoms with E-state index in [4.69, 9.17) is 14.2 Å². The summed E-state index contributed by atoms with van der Waals surface area (Å²) >= 11 is 0. The molecule has 0 amide bonds. The molecule has 1 saturated carbocycles. The molecular formula is C27H29FO4. The van der Waals surface area contributed by atoms with Crippen LogP contribution in [-0.2, 0) is 6.61 Å². The van der Waals surface area contributed by atoms with Crippen LogP contribution in [0.2, 0.25) is 0 Å². The van der Waals surface area contributed by atoms with Gasteiger partial charge in [0.2, 0.25) is 0 Å². The second-order valence-corrected chi connectivity index (χ2v) is 8.22. The third-order valence-electron chi connectivity index (χ3n) is 6.22. The molecule has 4 rings (SSSR count). The summed E-state index contributed by atoms with van der Waals surface area (Å²) < 4.78 is 31.3. The van der Waals surface area contributed by atoms with Gasteiger partial charge in [-0.2, -0.15) is 0 Å². The maximum absolute atomic E-state index is 14.8. The lowest BCUT2D eigenvalue weighted by molar-refractivity contribution is 0.112. The number of halogens is 1. The number of aliphatic hydroxyl groups excluding tert-OH is 1. The lowest BCUT2D eigenvalue weighted by Gasteiger charge is -2.22. The van der Waals surface area contributed by atoms with Crippen molar-refractivity contribution in [1.29, 1.82) is 0 Å². The summed E-state index contributed by atoms with van der Waals surface area (Å²) in [4.78, 5) is 0. The van der Waals surface area contributed by atoms with Crippen LogP contribution in [0.3, 0.4) is 0 Å². The predicted molar refractivity (Wildman–Crippen MR) is 123 cm³/mol. The van der Waals surface area contributed by atoms with Crippen molar-refractivity contribution in [3.05, 3.63) is 77.6 Å². The average Bonchev–Trinajstić information content (AvgIpc) is 3.38. The highest BCUT2D eigenvalue weighted by atomic mass is 19.1. The number of rotatable bonds is 8. The molecule has 3 aromatic carbocycles. The van der Waals surface area contributed by atoms with Gasteiger partial charge < -0.3 is 19.3 Å². The summed E-state index contributed by atoms with van der Waals surface area (Å²) in [6, 6.07) is 17.9. The molecule has 4 nitrogen and oxygen atoms in total. The molecule has 0 spiro atoms. The van der Waals surface area contributed by atoms with E-state index < -0.39 is 6.10 Å². The Bertz CT molecular complexity index is 1040. The van der Waals surface area contributed by atoms with E-state index in [-0.39, 0.29) is 11.7 Å². The van der Waals surface area contributed by atoms with Gasteiger partial charge in [-0.05, 0) is 77.9 Å². The molecule has 0 aromatic heterocycles. The standard InChI is InChI=1S/C27H29FO4/c1-30-20-9-7-18(8-10-20)17-32-22-11-13-23(24-15-21(31-2)12-14-26(24)28)25(16-22)27(29)19-5-3-4-6-19/h7-16,19,27,29H,3-6,17H2,1-2H3. The van der Waals surface area contributed by atoms with Crippen LogP contribution in [0.5, 0.6) is 17.2 Å². The van der Waals surface area contributed by atoms with Crippen molar-refractivity contribution in [3.63, 3.8) is 0 Å². The summed E-state index contributed by atoms with van der Waals surface area (Å²) in [5.41, 5.74) is 2.78. The Kier molecular flexibility index (Phi) is 6.96. The van der Waals surface area contributed by atoms with E-state index in [1.807, 2.05) is 42.5 Å². The molecule has 0 aliphatic heterocycles. The number of aliphatic hydroxyl groups is 1. The van der Waals surface area contributed by atoms with Gasteiger partial charge in [-0.1, -0.05) is 31.0 Å². The van der Waals surface area contributed by atoms with Crippen LogP contribution < -0.4 is 14.2 Å².